The zero-order chi connectivity index (χ0) is 30.1. The van der Waals surface area contributed by atoms with E-state index in [1.165, 1.54) is 12.1 Å². The summed E-state index contributed by atoms with van der Waals surface area (Å²) < 4.78 is 39.4. The van der Waals surface area contributed by atoms with Crippen molar-refractivity contribution < 1.29 is 22.8 Å². The van der Waals surface area contributed by atoms with Gasteiger partial charge in [0.05, 0.1) is 5.56 Å². The zero-order valence-corrected chi connectivity index (χ0v) is 24.2. The van der Waals surface area contributed by atoms with Crippen LogP contribution in [0, 0.1) is 0 Å². The van der Waals surface area contributed by atoms with Crippen molar-refractivity contribution in [3.8, 4) is 0 Å². The maximum Gasteiger partial charge on any atom is 0.416 e. The molecule has 0 unspecified atom stereocenters. The van der Waals surface area contributed by atoms with Crippen LogP contribution in [0.4, 0.5) is 13.2 Å². The molecule has 1 aromatic heterocycles. The first-order valence-electron chi connectivity index (χ1n) is 14.3. The Labute approximate surface area is 244 Å². The predicted octanol–water partition coefficient (Wildman–Crippen LogP) is 7.36. The highest BCUT2D eigenvalue weighted by atomic mass is 19.4. The Kier molecular flexibility index (Phi) is 8.17. The zero-order valence-electron chi connectivity index (χ0n) is 24.2. The summed E-state index contributed by atoms with van der Waals surface area (Å²) in [6.07, 6.45) is -0.269. The number of aromatic amines is 1. The van der Waals surface area contributed by atoms with E-state index in [2.05, 4.69) is 25.8 Å². The first kappa shape index (κ1) is 29.4. The second-order valence-electron chi connectivity index (χ2n) is 12.1. The third-order valence-electron chi connectivity index (χ3n) is 7.89. The monoisotopic (exact) mass is 575 g/mol. The SMILES string of the molecule is CC(C)(C)c1ccc(C(=O)N(CC(=O)N(CCc2c[nH]c3ccccc23)Cc2ccc(C(F)(F)F)cc2)C2CC2)cc1. The van der Waals surface area contributed by atoms with E-state index in [0.717, 1.165) is 47.0 Å². The van der Waals surface area contributed by atoms with Crippen LogP contribution in [0.25, 0.3) is 10.9 Å². The maximum atomic E-state index is 13.8. The third-order valence-corrected chi connectivity index (χ3v) is 7.89. The molecule has 4 aromatic rings. The van der Waals surface area contributed by atoms with E-state index in [1.54, 1.807) is 9.80 Å². The minimum atomic E-state index is -4.43. The van der Waals surface area contributed by atoms with Crippen molar-refractivity contribution in [3.63, 3.8) is 0 Å². The molecule has 5 nitrogen and oxygen atoms in total. The fraction of sp³-hybridized carbons (Fsp3) is 0.353. The summed E-state index contributed by atoms with van der Waals surface area (Å²) >= 11 is 0. The van der Waals surface area contributed by atoms with Gasteiger partial charge >= 0.3 is 6.18 Å². The molecule has 1 fully saturated rings. The number of alkyl halides is 3. The summed E-state index contributed by atoms with van der Waals surface area (Å²) in [6, 6.07) is 20.4. The van der Waals surface area contributed by atoms with Crippen LogP contribution in [0.3, 0.4) is 0 Å². The van der Waals surface area contributed by atoms with Gasteiger partial charge in [0.2, 0.25) is 5.91 Å². The summed E-state index contributed by atoms with van der Waals surface area (Å²) in [5, 5.41) is 1.06. The molecule has 0 spiro atoms. The third kappa shape index (κ3) is 6.86. The number of H-pyrrole nitrogens is 1. The van der Waals surface area contributed by atoms with Gasteiger partial charge in [0, 0.05) is 41.8 Å². The fourth-order valence-electron chi connectivity index (χ4n) is 5.18. The van der Waals surface area contributed by atoms with Gasteiger partial charge in [-0.3, -0.25) is 9.59 Å². The first-order chi connectivity index (χ1) is 19.9. The molecule has 8 heteroatoms. The Morgan fingerprint density at radius 2 is 1.52 bits per heavy atom. The number of fused-ring (bicyclic) bond motifs is 1. The summed E-state index contributed by atoms with van der Waals surface area (Å²) in [4.78, 5) is 33.9. The van der Waals surface area contributed by atoms with Crippen LogP contribution in [-0.4, -0.2) is 45.7 Å². The Balaban J connectivity index is 1.35. The van der Waals surface area contributed by atoms with Crippen LogP contribution in [0.1, 0.15) is 66.2 Å². The molecular weight excluding hydrogens is 539 g/mol. The molecule has 0 radical (unpaired) electrons. The van der Waals surface area contributed by atoms with Crippen molar-refractivity contribution in [1.29, 1.82) is 0 Å². The molecule has 1 aliphatic rings. The average Bonchev–Trinajstić information content (AvgIpc) is 3.72. The van der Waals surface area contributed by atoms with Gasteiger partial charge in [0.15, 0.2) is 0 Å². The quantitative estimate of drug-likeness (QED) is 0.227. The van der Waals surface area contributed by atoms with Crippen LogP contribution < -0.4 is 0 Å². The number of nitrogens with zero attached hydrogens (tertiary/aromatic N) is 2. The van der Waals surface area contributed by atoms with E-state index in [9.17, 15) is 22.8 Å². The van der Waals surface area contributed by atoms with E-state index in [-0.39, 0.29) is 36.4 Å². The van der Waals surface area contributed by atoms with Gasteiger partial charge in [-0.1, -0.05) is 63.2 Å². The number of para-hydroxylation sites is 1. The number of hydrogen-bond donors (Lipinski definition) is 1. The number of nitrogens with one attached hydrogen (secondary N) is 1. The van der Waals surface area contributed by atoms with Gasteiger partial charge in [-0.05, 0) is 71.7 Å². The van der Waals surface area contributed by atoms with Gasteiger partial charge in [0.1, 0.15) is 6.54 Å². The molecule has 0 saturated heterocycles. The van der Waals surface area contributed by atoms with Crippen molar-refractivity contribution in [1.82, 2.24) is 14.8 Å². The van der Waals surface area contributed by atoms with E-state index < -0.39 is 11.7 Å². The highest BCUT2D eigenvalue weighted by molar-refractivity contribution is 5.97. The Bertz CT molecular complexity index is 1550. The van der Waals surface area contributed by atoms with Gasteiger partial charge in [-0.15, -0.1) is 0 Å². The van der Waals surface area contributed by atoms with E-state index >= 15 is 0 Å². The molecule has 220 valence electrons. The summed E-state index contributed by atoms with van der Waals surface area (Å²) in [5.74, 6) is -0.418. The number of amides is 2. The molecule has 0 bridgehead atoms. The second-order valence-corrected chi connectivity index (χ2v) is 12.1. The molecule has 0 atom stereocenters. The number of aromatic nitrogens is 1. The minimum absolute atomic E-state index is 0.00489. The number of rotatable bonds is 9. The van der Waals surface area contributed by atoms with Crippen molar-refractivity contribution in [2.45, 2.75) is 64.2 Å². The minimum Gasteiger partial charge on any atom is -0.361 e. The normalized spacial score (nSPS) is 13.8. The standard InChI is InChI=1S/C34H36F3N3O2/c1-33(2,3)26-14-10-24(11-15-26)32(42)40(28-16-17-28)22-31(41)39(21-23-8-12-27(13-9-23)34(35,36)37)19-18-25-20-38-30-7-5-4-6-29(25)30/h4-15,20,28,38H,16-19,21-22H2,1-3H3. The molecule has 2 amide bonds. The predicted molar refractivity (Wildman–Crippen MR) is 158 cm³/mol. The number of halogens is 3. The number of benzene rings is 3. The number of hydrogen-bond acceptors (Lipinski definition) is 2. The molecule has 42 heavy (non-hydrogen) atoms. The molecule has 0 aliphatic heterocycles. The molecule has 1 N–H and O–H groups in total. The van der Waals surface area contributed by atoms with Crippen LogP contribution >= 0.6 is 0 Å². The summed E-state index contributed by atoms with van der Waals surface area (Å²) in [7, 11) is 0. The lowest BCUT2D eigenvalue weighted by Crippen LogP contribution is -2.44. The first-order valence-corrected chi connectivity index (χ1v) is 14.3. The van der Waals surface area contributed by atoms with E-state index in [1.807, 2.05) is 54.7 Å². The van der Waals surface area contributed by atoms with Crippen molar-refractivity contribution in [2.24, 2.45) is 0 Å². The average molecular weight is 576 g/mol. The Morgan fingerprint density at radius 3 is 2.14 bits per heavy atom. The summed E-state index contributed by atoms with van der Waals surface area (Å²) in [6.45, 7) is 6.75. The van der Waals surface area contributed by atoms with Crippen LogP contribution in [0.2, 0.25) is 0 Å². The van der Waals surface area contributed by atoms with Crippen molar-refractivity contribution in [2.75, 3.05) is 13.1 Å². The fourth-order valence-corrected chi connectivity index (χ4v) is 5.18. The molecular formula is C34H36F3N3O2. The van der Waals surface area contributed by atoms with Crippen molar-refractivity contribution >= 4 is 22.7 Å². The lowest BCUT2D eigenvalue weighted by atomic mass is 9.86. The lowest BCUT2D eigenvalue weighted by molar-refractivity contribution is -0.137. The van der Waals surface area contributed by atoms with Gasteiger partial charge in [-0.2, -0.15) is 13.2 Å². The van der Waals surface area contributed by atoms with E-state index in [0.29, 0.717) is 24.1 Å². The van der Waals surface area contributed by atoms with Crippen LogP contribution in [0.5, 0.6) is 0 Å². The van der Waals surface area contributed by atoms with Crippen LogP contribution in [0.15, 0.2) is 79.0 Å². The molecule has 1 saturated carbocycles. The van der Waals surface area contributed by atoms with E-state index in [4.69, 9.17) is 0 Å². The van der Waals surface area contributed by atoms with Gasteiger partial charge in [0.25, 0.3) is 5.91 Å². The molecule has 1 aliphatic carbocycles. The molecule has 1 heterocycles. The highest BCUT2D eigenvalue weighted by Gasteiger charge is 2.35. The Morgan fingerprint density at radius 1 is 0.881 bits per heavy atom. The number of carbonyl (C=O) groups is 2. The molecule has 3 aromatic carbocycles. The van der Waals surface area contributed by atoms with Gasteiger partial charge in [-0.25, -0.2) is 0 Å². The topological polar surface area (TPSA) is 56.4 Å². The van der Waals surface area contributed by atoms with Gasteiger partial charge < -0.3 is 14.8 Å². The number of carbonyl (C=O) groups excluding carboxylic acids is 2. The lowest BCUT2D eigenvalue weighted by Gasteiger charge is -2.28. The largest absolute Gasteiger partial charge is 0.416 e. The smallest absolute Gasteiger partial charge is 0.361 e. The van der Waals surface area contributed by atoms with Crippen LogP contribution in [-0.2, 0) is 29.4 Å². The maximum absolute atomic E-state index is 13.8. The summed E-state index contributed by atoms with van der Waals surface area (Å²) in [5.41, 5.74) is 3.52. The Hall–Kier alpha value is -4.07. The molecule has 5 rings (SSSR count). The second kappa shape index (κ2) is 11.7. The van der Waals surface area contributed by atoms with Crippen molar-refractivity contribution in [3.05, 3.63) is 107 Å². The highest BCUT2D eigenvalue weighted by Crippen LogP contribution is 2.31.